The molecule has 0 aromatic carbocycles. The molecular weight excluding hydrogens is 174 g/mol. The number of nitrogens with zero attached hydrogens (tertiary/aromatic N) is 2. The average molecular weight is 191 g/mol. The molecule has 14 heavy (non-hydrogen) atoms. The summed E-state index contributed by atoms with van der Waals surface area (Å²) in [4.78, 5) is 6.79. The predicted molar refractivity (Wildman–Crippen MR) is 59.9 cm³/mol. The quantitative estimate of drug-likeness (QED) is 0.736. The van der Waals surface area contributed by atoms with Gasteiger partial charge in [-0.05, 0) is 32.4 Å². The van der Waals surface area contributed by atoms with Crippen molar-refractivity contribution in [2.75, 3.05) is 23.3 Å². The van der Waals surface area contributed by atoms with Crippen LogP contribution in [0.25, 0.3) is 0 Å². The number of hydrogen-bond donors (Lipinski definition) is 1. The Labute approximate surface area is 85.1 Å². The molecule has 1 aliphatic rings. The van der Waals surface area contributed by atoms with Crippen molar-refractivity contribution < 1.29 is 0 Å². The van der Waals surface area contributed by atoms with Crippen LogP contribution < -0.4 is 10.2 Å². The van der Waals surface area contributed by atoms with Gasteiger partial charge in [-0.3, -0.25) is 0 Å². The molecule has 2 rings (SSSR count). The summed E-state index contributed by atoms with van der Waals surface area (Å²) in [5.74, 6) is 1.02. The van der Waals surface area contributed by atoms with Crippen LogP contribution in [-0.2, 0) is 0 Å². The molecule has 2 heterocycles. The van der Waals surface area contributed by atoms with Crippen molar-refractivity contribution in [2.45, 2.75) is 26.8 Å². The van der Waals surface area contributed by atoms with E-state index in [-0.39, 0.29) is 0 Å². The SMILES string of the molecule is Cc1cnc2c(c1)N(C(C)C)CCN2. The van der Waals surface area contributed by atoms with Crippen LogP contribution in [0.1, 0.15) is 19.4 Å². The summed E-state index contributed by atoms with van der Waals surface area (Å²) < 4.78 is 0. The van der Waals surface area contributed by atoms with Crippen molar-refractivity contribution in [3.8, 4) is 0 Å². The van der Waals surface area contributed by atoms with Gasteiger partial charge < -0.3 is 10.2 Å². The zero-order chi connectivity index (χ0) is 10.1. The number of hydrogen-bond acceptors (Lipinski definition) is 3. The van der Waals surface area contributed by atoms with Crippen LogP contribution >= 0.6 is 0 Å². The maximum atomic E-state index is 4.40. The molecule has 1 aromatic rings. The normalized spacial score (nSPS) is 15.3. The minimum absolute atomic E-state index is 0.541. The second kappa shape index (κ2) is 3.48. The molecule has 3 heteroatoms. The van der Waals surface area contributed by atoms with E-state index in [2.05, 4.69) is 42.0 Å². The molecule has 76 valence electrons. The Bertz CT molecular complexity index is 333. The van der Waals surface area contributed by atoms with Crippen LogP contribution in [-0.4, -0.2) is 24.1 Å². The molecule has 0 fully saturated rings. The van der Waals surface area contributed by atoms with Crippen molar-refractivity contribution in [1.29, 1.82) is 0 Å². The fourth-order valence-electron chi connectivity index (χ4n) is 1.86. The van der Waals surface area contributed by atoms with Gasteiger partial charge in [-0.25, -0.2) is 4.98 Å². The third-order valence-corrected chi connectivity index (χ3v) is 2.58. The van der Waals surface area contributed by atoms with E-state index in [1.165, 1.54) is 11.3 Å². The van der Waals surface area contributed by atoms with Gasteiger partial charge in [0.05, 0.1) is 5.69 Å². The molecule has 0 saturated heterocycles. The van der Waals surface area contributed by atoms with Gasteiger partial charge in [0.1, 0.15) is 5.82 Å². The lowest BCUT2D eigenvalue weighted by molar-refractivity contribution is 0.677. The van der Waals surface area contributed by atoms with Crippen LogP contribution in [0, 0.1) is 6.92 Å². The van der Waals surface area contributed by atoms with Crippen molar-refractivity contribution >= 4 is 11.5 Å². The molecule has 1 N–H and O–H groups in total. The number of rotatable bonds is 1. The van der Waals surface area contributed by atoms with Crippen LogP contribution in [0.3, 0.4) is 0 Å². The number of pyridine rings is 1. The molecule has 0 aliphatic carbocycles. The molecule has 0 radical (unpaired) electrons. The van der Waals surface area contributed by atoms with E-state index < -0.39 is 0 Å². The number of anilines is 2. The van der Waals surface area contributed by atoms with Gasteiger partial charge in [0.15, 0.2) is 0 Å². The summed E-state index contributed by atoms with van der Waals surface area (Å²) in [7, 11) is 0. The number of fused-ring (bicyclic) bond motifs is 1. The van der Waals surface area contributed by atoms with Crippen LogP contribution in [0.2, 0.25) is 0 Å². The van der Waals surface area contributed by atoms with Gasteiger partial charge in [-0.1, -0.05) is 0 Å². The maximum absolute atomic E-state index is 4.40. The minimum Gasteiger partial charge on any atom is -0.367 e. The fraction of sp³-hybridized carbons (Fsp3) is 0.545. The Morgan fingerprint density at radius 3 is 3.00 bits per heavy atom. The molecule has 0 bridgehead atoms. The first-order valence-corrected chi connectivity index (χ1v) is 5.15. The first kappa shape index (κ1) is 9.31. The van der Waals surface area contributed by atoms with E-state index in [1.807, 2.05) is 6.20 Å². The van der Waals surface area contributed by atoms with Gasteiger partial charge in [0, 0.05) is 25.3 Å². The van der Waals surface area contributed by atoms with Crippen molar-refractivity contribution in [1.82, 2.24) is 4.98 Å². The molecule has 1 aliphatic heterocycles. The van der Waals surface area contributed by atoms with Crippen LogP contribution in [0.5, 0.6) is 0 Å². The smallest absolute Gasteiger partial charge is 0.149 e. The largest absolute Gasteiger partial charge is 0.367 e. The van der Waals surface area contributed by atoms with E-state index in [9.17, 15) is 0 Å². The zero-order valence-electron chi connectivity index (χ0n) is 9.04. The topological polar surface area (TPSA) is 28.2 Å². The molecule has 3 nitrogen and oxygen atoms in total. The van der Waals surface area contributed by atoms with E-state index in [0.717, 1.165) is 18.9 Å². The molecule has 0 atom stereocenters. The van der Waals surface area contributed by atoms with E-state index in [4.69, 9.17) is 0 Å². The summed E-state index contributed by atoms with van der Waals surface area (Å²) >= 11 is 0. The molecular formula is C11H17N3. The lowest BCUT2D eigenvalue weighted by Crippen LogP contribution is -2.39. The lowest BCUT2D eigenvalue weighted by atomic mass is 10.2. The third kappa shape index (κ3) is 1.54. The van der Waals surface area contributed by atoms with Crippen molar-refractivity contribution in [3.63, 3.8) is 0 Å². The number of nitrogens with one attached hydrogen (secondary N) is 1. The van der Waals surface area contributed by atoms with Gasteiger partial charge in [-0.2, -0.15) is 0 Å². The van der Waals surface area contributed by atoms with Crippen LogP contribution in [0.15, 0.2) is 12.3 Å². The lowest BCUT2D eigenvalue weighted by Gasteiger charge is -2.34. The first-order chi connectivity index (χ1) is 6.68. The summed E-state index contributed by atoms with van der Waals surface area (Å²) in [6, 6.07) is 2.74. The second-order valence-electron chi connectivity index (χ2n) is 4.09. The number of aromatic nitrogens is 1. The summed E-state index contributed by atoms with van der Waals surface area (Å²) in [6.45, 7) is 8.58. The standard InChI is InChI=1S/C11H17N3/c1-8(2)14-5-4-12-11-10(14)6-9(3)7-13-11/h6-8H,4-5H2,1-3H3,(H,12,13). The molecule has 0 spiro atoms. The van der Waals surface area contributed by atoms with E-state index in [0.29, 0.717) is 6.04 Å². The predicted octanol–water partition coefficient (Wildman–Crippen LogP) is 2.03. The Balaban J connectivity index is 2.41. The molecule has 0 amide bonds. The first-order valence-electron chi connectivity index (χ1n) is 5.15. The molecule has 1 aromatic heterocycles. The Hall–Kier alpha value is -1.25. The Morgan fingerprint density at radius 2 is 2.29 bits per heavy atom. The van der Waals surface area contributed by atoms with Gasteiger partial charge in [-0.15, -0.1) is 0 Å². The number of aryl methyl sites for hydroxylation is 1. The fourth-order valence-corrected chi connectivity index (χ4v) is 1.86. The van der Waals surface area contributed by atoms with Crippen molar-refractivity contribution in [3.05, 3.63) is 17.8 Å². The van der Waals surface area contributed by atoms with Crippen molar-refractivity contribution in [2.24, 2.45) is 0 Å². The average Bonchev–Trinajstić information content (AvgIpc) is 2.16. The maximum Gasteiger partial charge on any atom is 0.149 e. The van der Waals surface area contributed by atoms with E-state index in [1.54, 1.807) is 0 Å². The zero-order valence-corrected chi connectivity index (χ0v) is 9.04. The highest BCUT2D eigenvalue weighted by Gasteiger charge is 2.19. The molecule has 0 saturated carbocycles. The Kier molecular flexibility index (Phi) is 2.32. The monoisotopic (exact) mass is 191 g/mol. The summed E-state index contributed by atoms with van der Waals surface area (Å²) in [5.41, 5.74) is 2.46. The van der Waals surface area contributed by atoms with Crippen LogP contribution in [0.4, 0.5) is 11.5 Å². The Morgan fingerprint density at radius 1 is 1.50 bits per heavy atom. The van der Waals surface area contributed by atoms with E-state index >= 15 is 0 Å². The molecule has 0 unspecified atom stereocenters. The third-order valence-electron chi connectivity index (χ3n) is 2.58. The highest BCUT2D eigenvalue weighted by Crippen LogP contribution is 2.28. The second-order valence-corrected chi connectivity index (χ2v) is 4.09. The van der Waals surface area contributed by atoms with Gasteiger partial charge >= 0.3 is 0 Å². The highest BCUT2D eigenvalue weighted by molar-refractivity contribution is 5.69. The summed E-state index contributed by atoms with van der Waals surface area (Å²) in [5, 5.41) is 3.32. The summed E-state index contributed by atoms with van der Waals surface area (Å²) in [6.07, 6.45) is 1.91. The van der Waals surface area contributed by atoms with Gasteiger partial charge in [0.25, 0.3) is 0 Å². The minimum atomic E-state index is 0.541. The highest BCUT2D eigenvalue weighted by atomic mass is 15.2. The van der Waals surface area contributed by atoms with Gasteiger partial charge in [0.2, 0.25) is 0 Å².